The maximum Gasteiger partial charge on any atom is 0.0702 e. The largest absolute Gasteiger partial charge is 0.377 e. The first-order chi connectivity index (χ1) is 6.40. The number of ether oxygens (including phenoxy) is 1. The van der Waals surface area contributed by atoms with Crippen LogP contribution in [-0.4, -0.2) is 36.7 Å². The smallest absolute Gasteiger partial charge is 0.0702 e. The molecule has 1 aliphatic carbocycles. The predicted molar refractivity (Wildman–Crippen MR) is 53.9 cm³/mol. The van der Waals surface area contributed by atoms with Crippen molar-refractivity contribution >= 4 is 0 Å². The van der Waals surface area contributed by atoms with Crippen LogP contribution in [0.5, 0.6) is 0 Å². The number of nitrogens with zero attached hydrogens (tertiary/aromatic N) is 1. The van der Waals surface area contributed by atoms with Crippen molar-refractivity contribution in [2.24, 2.45) is 0 Å². The Morgan fingerprint density at radius 2 is 2.08 bits per heavy atom. The summed E-state index contributed by atoms with van der Waals surface area (Å²) < 4.78 is 5.69. The van der Waals surface area contributed by atoms with E-state index < -0.39 is 0 Å². The average molecular weight is 183 g/mol. The molecule has 2 nitrogen and oxygen atoms in total. The van der Waals surface area contributed by atoms with Gasteiger partial charge in [0.05, 0.1) is 6.10 Å². The lowest BCUT2D eigenvalue weighted by Crippen LogP contribution is -2.48. The second-order valence-electron chi connectivity index (χ2n) is 4.30. The van der Waals surface area contributed by atoms with Crippen molar-refractivity contribution < 1.29 is 4.74 Å². The number of rotatable bonds is 3. The molecule has 2 rings (SSSR count). The summed E-state index contributed by atoms with van der Waals surface area (Å²) in [5.74, 6) is 0. The molecule has 0 aromatic rings. The first-order valence-corrected chi connectivity index (χ1v) is 5.76. The third-order valence-corrected chi connectivity index (χ3v) is 3.40. The minimum absolute atomic E-state index is 0.527. The molecule has 0 spiro atoms. The lowest BCUT2D eigenvalue weighted by atomic mass is 9.90. The molecular formula is C11H21NO. The Kier molecular flexibility index (Phi) is 3.23. The highest BCUT2D eigenvalue weighted by Crippen LogP contribution is 2.27. The SMILES string of the molecule is CCOC1CCCN(C2CCC2)C1. The summed E-state index contributed by atoms with van der Waals surface area (Å²) in [5, 5.41) is 0. The standard InChI is InChI=1S/C11H21NO/c1-2-13-11-7-4-8-12(9-11)10-5-3-6-10/h10-11H,2-9H2,1H3. The molecule has 1 saturated carbocycles. The van der Waals surface area contributed by atoms with Gasteiger partial charge in [0.25, 0.3) is 0 Å². The summed E-state index contributed by atoms with van der Waals surface area (Å²) in [5.41, 5.74) is 0. The van der Waals surface area contributed by atoms with Gasteiger partial charge in [0.15, 0.2) is 0 Å². The van der Waals surface area contributed by atoms with Crippen LogP contribution in [-0.2, 0) is 4.74 Å². The molecule has 1 aliphatic heterocycles. The molecule has 0 aromatic carbocycles. The van der Waals surface area contributed by atoms with E-state index in [-0.39, 0.29) is 0 Å². The zero-order valence-corrected chi connectivity index (χ0v) is 8.67. The summed E-state index contributed by atoms with van der Waals surface area (Å²) in [4.78, 5) is 2.65. The Morgan fingerprint density at radius 1 is 1.23 bits per heavy atom. The fourth-order valence-electron chi connectivity index (χ4n) is 2.42. The third-order valence-electron chi connectivity index (χ3n) is 3.40. The van der Waals surface area contributed by atoms with E-state index in [0.717, 1.165) is 12.6 Å². The van der Waals surface area contributed by atoms with E-state index >= 15 is 0 Å². The predicted octanol–water partition coefficient (Wildman–Crippen LogP) is 2.04. The zero-order chi connectivity index (χ0) is 9.10. The van der Waals surface area contributed by atoms with Crippen LogP contribution in [0.2, 0.25) is 0 Å². The Balaban J connectivity index is 1.77. The molecule has 2 aliphatic rings. The van der Waals surface area contributed by atoms with E-state index in [4.69, 9.17) is 4.74 Å². The lowest BCUT2D eigenvalue weighted by molar-refractivity contribution is -0.0192. The second kappa shape index (κ2) is 4.43. The van der Waals surface area contributed by atoms with E-state index in [1.54, 1.807) is 0 Å². The van der Waals surface area contributed by atoms with Crippen molar-refractivity contribution in [2.45, 2.75) is 51.2 Å². The van der Waals surface area contributed by atoms with Gasteiger partial charge in [-0.1, -0.05) is 6.42 Å². The van der Waals surface area contributed by atoms with Gasteiger partial charge in [-0.15, -0.1) is 0 Å². The molecule has 1 atom stereocenters. The highest BCUT2D eigenvalue weighted by molar-refractivity contribution is 4.84. The Labute approximate surface area is 81.3 Å². The Morgan fingerprint density at radius 3 is 2.69 bits per heavy atom. The van der Waals surface area contributed by atoms with Crippen LogP contribution >= 0.6 is 0 Å². The molecule has 13 heavy (non-hydrogen) atoms. The zero-order valence-electron chi connectivity index (χ0n) is 8.67. The van der Waals surface area contributed by atoms with Gasteiger partial charge in [0.1, 0.15) is 0 Å². The first-order valence-electron chi connectivity index (χ1n) is 5.76. The first kappa shape index (κ1) is 9.47. The van der Waals surface area contributed by atoms with E-state index in [2.05, 4.69) is 11.8 Å². The third kappa shape index (κ3) is 2.23. The number of likely N-dealkylation sites (tertiary alicyclic amines) is 1. The monoisotopic (exact) mass is 183 g/mol. The molecule has 2 fully saturated rings. The van der Waals surface area contributed by atoms with Crippen LogP contribution in [0, 0.1) is 0 Å². The Hall–Kier alpha value is -0.0800. The minimum Gasteiger partial charge on any atom is -0.377 e. The lowest BCUT2D eigenvalue weighted by Gasteiger charge is -2.42. The molecule has 2 heteroatoms. The van der Waals surface area contributed by atoms with E-state index in [1.165, 1.54) is 45.2 Å². The van der Waals surface area contributed by atoms with Crippen molar-refractivity contribution in [2.75, 3.05) is 19.7 Å². The quantitative estimate of drug-likeness (QED) is 0.664. The molecular weight excluding hydrogens is 162 g/mol. The number of hydrogen-bond donors (Lipinski definition) is 0. The number of piperidine rings is 1. The van der Waals surface area contributed by atoms with Crippen molar-refractivity contribution in [1.29, 1.82) is 0 Å². The fourth-order valence-corrected chi connectivity index (χ4v) is 2.42. The highest BCUT2D eigenvalue weighted by atomic mass is 16.5. The fraction of sp³-hybridized carbons (Fsp3) is 1.00. The van der Waals surface area contributed by atoms with Gasteiger partial charge in [-0.3, -0.25) is 4.90 Å². The molecule has 76 valence electrons. The second-order valence-corrected chi connectivity index (χ2v) is 4.30. The van der Waals surface area contributed by atoms with Crippen molar-refractivity contribution in [3.05, 3.63) is 0 Å². The van der Waals surface area contributed by atoms with Crippen molar-refractivity contribution in [1.82, 2.24) is 4.90 Å². The molecule has 1 saturated heterocycles. The van der Waals surface area contributed by atoms with E-state index in [1.807, 2.05) is 0 Å². The molecule has 0 amide bonds. The van der Waals surface area contributed by atoms with Gasteiger partial charge >= 0.3 is 0 Å². The van der Waals surface area contributed by atoms with Gasteiger partial charge in [-0.2, -0.15) is 0 Å². The van der Waals surface area contributed by atoms with Crippen LogP contribution in [0.15, 0.2) is 0 Å². The molecule has 1 unspecified atom stereocenters. The normalized spacial score (nSPS) is 31.6. The van der Waals surface area contributed by atoms with E-state index in [9.17, 15) is 0 Å². The van der Waals surface area contributed by atoms with Crippen molar-refractivity contribution in [3.63, 3.8) is 0 Å². The van der Waals surface area contributed by atoms with Gasteiger partial charge in [0.2, 0.25) is 0 Å². The van der Waals surface area contributed by atoms with Crippen LogP contribution in [0.25, 0.3) is 0 Å². The van der Waals surface area contributed by atoms with Crippen LogP contribution in [0.4, 0.5) is 0 Å². The Bertz CT molecular complexity index is 154. The molecule has 0 radical (unpaired) electrons. The molecule has 0 N–H and O–H groups in total. The maximum absolute atomic E-state index is 5.69. The molecule has 0 bridgehead atoms. The highest BCUT2D eigenvalue weighted by Gasteiger charge is 2.29. The summed E-state index contributed by atoms with van der Waals surface area (Å²) >= 11 is 0. The molecule has 1 heterocycles. The summed E-state index contributed by atoms with van der Waals surface area (Å²) in [6.07, 6.45) is 7.44. The van der Waals surface area contributed by atoms with Gasteiger partial charge in [-0.25, -0.2) is 0 Å². The maximum atomic E-state index is 5.69. The van der Waals surface area contributed by atoms with Gasteiger partial charge in [-0.05, 0) is 39.2 Å². The minimum atomic E-state index is 0.527. The van der Waals surface area contributed by atoms with Crippen LogP contribution < -0.4 is 0 Å². The summed E-state index contributed by atoms with van der Waals surface area (Å²) in [6.45, 7) is 5.48. The van der Waals surface area contributed by atoms with E-state index in [0.29, 0.717) is 6.10 Å². The van der Waals surface area contributed by atoms with Gasteiger partial charge < -0.3 is 4.74 Å². The van der Waals surface area contributed by atoms with Crippen LogP contribution in [0.3, 0.4) is 0 Å². The van der Waals surface area contributed by atoms with Gasteiger partial charge in [0, 0.05) is 19.2 Å². The molecule has 0 aromatic heterocycles. The number of hydrogen-bond acceptors (Lipinski definition) is 2. The van der Waals surface area contributed by atoms with Crippen LogP contribution in [0.1, 0.15) is 39.0 Å². The average Bonchev–Trinajstić information content (AvgIpc) is 2.02. The summed E-state index contributed by atoms with van der Waals surface area (Å²) in [7, 11) is 0. The summed E-state index contributed by atoms with van der Waals surface area (Å²) in [6, 6.07) is 0.906. The van der Waals surface area contributed by atoms with Crippen molar-refractivity contribution in [3.8, 4) is 0 Å². The topological polar surface area (TPSA) is 12.5 Å².